The minimum atomic E-state index is -0.477. The Morgan fingerprint density at radius 2 is 1.97 bits per heavy atom. The predicted molar refractivity (Wildman–Crippen MR) is 130 cm³/mol. The summed E-state index contributed by atoms with van der Waals surface area (Å²) >= 11 is 0. The van der Waals surface area contributed by atoms with E-state index in [0.717, 1.165) is 39.3 Å². The molecule has 1 aromatic carbocycles. The molecule has 0 aliphatic rings. The number of fused-ring (bicyclic) bond motifs is 1. The maximum atomic E-state index is 14.7. The molecule has 4 rings (SSSR count). The van der Waals surface area contributed by atoms with E-state index >= 15 is 0 Å². The van der Waals surface area contributed by atoms with Crippen LogP contribution in [0.4, 0.5) is 4.39 Å². The Balaban J connectivity index is 1.74. The van der Waals surface area contributed by atoms with Crippen molar-refractivity contribution in [3.8, 4) is 22.5 Å². The van der Waals surface area contributed by atoms with E-state index in [4.69, 9.17) is 0 Å². The van der Waals surface area contributed by atoms with Gasteiger partial charge in [-0.25, -0.2) is 13.9 Å². The number of halogens is 1. The smallest absolute Gasteiger partial charge is 0.234 e. The first-order valence-corrected chi connectivity index (χ1v) is 11.3. The molecule has 0 fully saturated rings. The highest BCUT2D eigenvalue weighted by Crippen LogP contribution is 2.37. The maximum absolute atomic E-state index is 14.7. The van der Waals surface area contributed by atoms with Crippen molar-refractivity contribution in [2.24, 2.45) is 0 Å². The summed E-state index contributed by atoms with van der Waals surface area (Å²) in [5.74, 6) is -0.367. The van der Waals surface area contributed by atoms with E-state index in [1.165, 1.54) is 12.4 Å². The van der Waals surface area contributed by atoms with Gasteiger partial charge in [-0.3, -0.25) is 9.89 Å². The summed E-state index contributed by atoms with van der Waals surface area (Å²) in [6, 6.07) is 6.53. The van der Waals surface area contributed by atoms with E-state index < -0.39 is 6.04 Å². The van der Waals surface area contributed by atoms with Gasteiger partial charge in [0.05, 0.1) is 24.0 Å². The fourth-order valence-corrected chi connectivity index (χ4v) is 4.26. The molecule has 0 radical (unpaired) electrons. The Hall–Kier alpha value is -3.59. The van der Waals surface area contributed by atoms with Gasteiger partial charge in [0.1, 0.15) is 12.1 Å². The zero-order valence-corrected chi connectivity index (χ0v) is 20.3. The Kier molecular flexibility index (Phi) is 6.47. The highest BCUT2D eigenvalue weighted by Gasteiger charge is 2.22. The van der Waals surface area contributed by atoms with Crippen molar-refractivity contribution in [2.45, 2.75) is 39.7 Å². The lowest BCUT2D eigenvalue weighted by molar-refractivity contribution is -0.122. The van der Waals surface area contributed by atoms with Gasteiger partial charge < -0.3 is 10.2 Å². The quantitative estimate of drug-likeness (QED) is 0.431. The van der Waals surface area contributed by atoms with Gasteiger partial charge >= 0.3 is 0 Å². The molecule has 8 nitrogen and oxygen atoms in total. The number of hydrogen-bond donors (Lipinski definition) is 2. The van der Waals surface area contributed by atoms with Gasteiger partial charge in [0.2, 0.25) is 5.91 Å². The molecule has 3 aromatic heterocycles. The lowest BCUT2D eigenvalue weighted by Gasteiger charge is -2.18. The van der Waals surface area contributed by atoms with E-state index in [0.29, 0.717) is 5.56 Å². The predicted octanol–water partition coefficient (Wildman–Crippen LogP) is 4.10. The molecule has 0 aliphatic carbocycles. The summed E-state index contributed by atoms with van der Waals surface area (Å²) in [6.07, 6.45) is 3.45. The zero-order chi connectivity index (χ0) is 24.6. The minimum Gasteiger partial charge on any atom is -0.348 e. The van der Waals surface area contributed by atoms with Crippen molar-refractivity contribution in [2.75, 3.05) is 20.6 Å². The van der Waals surface area contributed by atoms with Gasteiger partial charge in [0.25, 0.3) is 0 Å². The molecule has 9 heteroatoms. The molecule has 0 bridgehead atoms. The second kappa shape index (κ2) is 9.34. The number of aromatic amines is 1. The number of amides is 1. The summed E-state index contributed by atoms with van der Waals surface area (Å²) in [6.45, 7) is 8.23. The molecule has 1 atom stereocenters. The van der Waals surface area contributed by atoms with Crippen LogP contribution in [0.25, 0.3) is 28.2 Å². The van der Waals surface area contributed by atoms with Crippen LogP contribution in [-0.4, -0.2) is 56.2 Å². The first-order chi connectivity index (χ1) is 16.2. The molecular weight excluding hydrogens is 433 g/mol. The summed E-state index contributed by atoms with van der Waals surface area (Å²) in [7, 11) is 3.63. The zero-order valence-electron chi connectivity index (χ0n) is 20.3. The topological polar surface area (TPSA) is 91.2 Å². The van der Waals surface area contributed by atoms with Gasteiger partial charge in [0.15, 0.2) is 5.65 Å². The Labute approximate surface area is 198 Å². The summed E-state index contributed by atoms with van der Waals surface area (Å²) < 4.78 is 16.5. The van der Waals surface area contributed by atoms with E-state index in [9.17, 15) is 9.18 Å². The van der Waals surface area contributed by atoms with Crippen LogP contribution >= 0.6 is 0 Å². The molecule has 34 heavy (non-hydrogen) atoms. The maximum Gasteiger partial charge on any atom is 0.234 e. The van der Waals surface area contributed by atoms with Crippen molar-refractivity contribution in [1.29, 1.82) is 0 Å². The fraction of sp³-hybridized carbons (Fsp3) is 0.360. The van der Waals surface area contributed by atoms with Crippen molar-refractivity contribution >= 4 is 11.6 Å². The van der Waals surface area contributed by atoms with Gasteiger partial charge in [-0.05, 0) is 63.7 Å². The van der Waals surface area contributed by atoms with Crippen LogP contribution in [0, 0.1) is 12.7 Å². The molecule has 178 valence electrons. The van der Waals surface area contributed by atoms with Crippen LogP contribution < -0.4 is 5.32 Å². The van der Waals surface area contributed by atoms with Crippen LogP contribution in [-0.2, 0) is 4.79 Å². The van der Waals surface area contributed by atoms with Gasteiger partial charge in [-0.15, -0.1) is 0 Å². The normalized spacial score (nSPS) is 12.6. The fourth-order valence-electron chi connectivity index (χ4n) is 4.26. The number of nitrogens with one attached hydrogen (secondary N) is 2. The summed E-state index contributed by atoms with van der Waals surface area (Å²) in [4.78, 5) is 18.3. The second-order valence-corrected chi connectivity index (χ2v) is 9.22. The number of carbonyl (C=O) groups is 1. The highest BCUT2D eigenvalue weighted by molar-refractivity contribution is 5.79. The van der Waals surface area contributed by atoms with Gasteiger partial charge in [-0.1, -0.05) is 13.8 Å². The van der Waals surface area contributed by atoms with Crippen LogP contribution in [0.3, 0.4) is 0 Å². The number of pyridine rings is 1. The van der Waals surface area contributed by atoms with Crippen molar-refractivity contribution in [3.05, 3.63) is 59.3 Å². The average Bonchev–Trinajstić information content (AvgIpc) is 3.40. The summed E-state index contributed by atoms with van der Waals surface area (Å²) in [5.41, 5.74) is 6.65. The number of H-pyrrole nitrogens is 1. The lowest BCUT2D eigenvalue weighted by atomic mass is 9.92. The second-order valence-electron chi connectivity index (χ2n) is 9.22. The third kappa shape index (κ3) is 4.56. The van der Waals surface area contributed by atoms with Crippen LogP contribution in [0.15, 0.2) is 36.8 Å². The van der Waals surface area contributed by atoms with E-state index in [1.54, 1.807) is 28.5 Å². The molecule has 2 N–H and O–H groups in total. The number of rotatable bonds is 7. The molecular formula is C25H30FN7O. The number of hydrogen-bond acceptors (Lipinski definition) is 5. The number of aryl methyl sites for hydroxylation is 1. The minimum absolute atomic E-state index is 0.154. The molecule has 0 aliphatic heterocycles. The van der Waals surface area contributed by atoms with E-state index in [2.05, 4.69) is 39.4 Å². The van der Waals surface area contributed by atoms with Crippen LogP contribution in [0.1, 0.15) is 49.4 Å². The van der Waals surface area contributed by atoms with Crippen molar-refractivity contribution < 1.29 is 9.18 Å². The monoisotopic (exact) mass is 463 g/mol. The third-order valence-electron chi connectivity index (χ3n) is 5.80. The number of benzene rings is 1. The number of carbonyl (C=O) groups excluding carboxylic acids is 1. The number of aromatic nitrogens is 5. The Morgan fingerprint density at radius 3 is 2.68 bits per heavy atom. The molecule has 1 amide bonds. The average molecular weight is 464 g/mol. The molecule has 0 spiro atoms. The first kappa shape index (κ1) is 23.6. The Morgan fingerprint density at radius 1 is 1.21 bits per heavy atom. The van der Waals surface area contributed by atoms with E-state index in [-0.39, 0.29) is 24.2 Å². The summed E-state index contributed by atoms with van der Waals surface area (Å²) in [5, 5.41) is 15.0. The third-order valence-corrected chi connectivity index (χ3v) is 5.80. The van der Waals surface area contributed by atoms with Crippen LogP contribution in [0.2, 0.25) is 0 Å². The van der Waals surface area contributed by atoms with E-state index in [1.807, 2.05) is 33.3 Å². The first-order valence-electron chi connectivity index (χ1n) is 11.3. The largest absolute Gasteiger partial charge is 0.348 e. The van der Waals surface area contributed by atoms with Crippen molar-refractivity contribution in [3.63, 3.8) is 0 Å². The lowest BCUT2D eigenvalue weighted by Crippen LogP contribution is -2.35. The number of nitrogens with zero attached hydrogens (tertiary/aromatic N) is 5. The molecule has 0 saturated carbocycles. The van der Waals surface area contributed by atoms with Crippen molar-refractivity contribution in [1.82, 2.24) is 35.0 Å². The molecule has 1 unspecified atom stereocenters. The molecule has 0 saturated heterocycles. The Bertz CT molecular complexity index is 1340. The highest BCUT2D eigenvalue weighted by atomic mass is 19.1. The molecule has 3 heterocycles. The van der Waals surface area contributed by atoms with Gasteiger partial charge in [-0.2, -0.15) is 10.2 Å². The standard InChI is InChI=1S/C25H30FN7O/c1-14(2)22-23(30-31-24(22)18-9-15(3)25-27-13-28-33(25)11-18)17-7-8-20(26)19(10-17)16(4)29-21(34)12-32(5)6/h7-11,13-14,16H,12H2,1-6H3,(H,29,34)(H,30,31). The SMILES string of the molecule is Cc1cc(-c2n[nH]c(-c3ccc(F)c(C(C)NC(=O)CN(C)C)c3)c2C(C)C)cn2ncnc12. The van der Waals surface area contributed by atoms with Gasteiger partial charge in [0, 0.05) is 28.5 Å². The van der Waals surface area contributed by atoms with Crippen LogP contribution in [0.5, 0.6) is 0 Å². The molecule has 4 aromatic rings. The number of likely N-dealkylation sites (N-methyl/N-ethyl adjacent to an activating group) is 1.